The molecule has 1 heterocycles. The SMILES string of the molecule is CCCCC[C@H](O)C=C[C@H]1[C@@H]2CO[C@@H](C2)[C@@H]1CC=CCCCC(=O)O. The summed E-state index contributed by atoms with van der Waals surface area (Å²) in [5, 5.41) is 18.8. The molecule has 1 aliphatic heterocycles. The van der Waals surface area contributed by atoms with Gasteiger partial charge in [-0.15, -0.1) is 0 Å². The molecule has 4 heteroatoms. The number of carboxylic acid groups (broad SMARTS) is 1. The zero-order chi connectivity index (χ0) is 18.1. The Morgan fingerprint density at radius 1 is 1.28 bits per heavy atom. The lowest BCUT2D eigenvalue weighted by atomic mass is 9.85. The van der Waals surface area contributed by atoms with Gasteiger partial charge in [-0.25, -0.2) is 0 Å². The van der Waals surface area contributed by atoms with Crippen molar-refractivity contribution in [2.24, 2.45) is 17.8 Å². The van der Waals surface area contributed by atoms with E-state index in [0.717, 1.165) is 38.7 Å². The Morgan fingerprint density at radius 2 is 2.12 bits per heavy atom. The van der Waals surface area contributed by atoms with E-state index in [4.69, 9.17) is 9.84 Å². The van der Waals surface area contributed by atoms with Crippen molar-refractivity contribution in [1.29, 1.82) is 0 Å². The lowest BCUT2D eigenvalue weighted by Crippen LogP contribution is -2.27. The molecule has 5 atom stereocenters. The molecule has 0 unspecified atom stereocenters. The van der Waals surface area contributed by atoms with Crippen molar-refractivity contribution in [2.45, 2.75) is 76.9 Å². The van der Waals surface area contributed by atoms with Crippen LogP contribution < -0.4 is 0 Å². The molecule has 0 aromatic carbocycles. The van der Waals surface area contributed by atoms with Crippen molar-refractivity contribution in [3.05, 3.63) is 24.3 Å². The summed E-state index contributed by atoms with van der Waals surface area (Å²) in [4.78, 5) is 10.5. The largest absolute Gasteiger partial charge is 0.481 e. The summed E-state index contributed by atoms with van der Waals surface area (Å²) < 4.78 is 5.88. The van der Waals surface area contributed by atoms with E-state index in [1.54, 1.807) is 0 Å². The van der Waals surface area contributed by atoms with Crippen LogP contribution in [-0.4, -0.2) is 35.0 Å². The molecule has 2 N–H and O–H groups in total. The third-order valence-electron chi connectivity index (χ3n) is 5.57. The van der Waals surface area contributed by atoms with Gasteiger partial charge < -0.3 is 14.9 Å². The number of carbonyl (C=O) groups is 1. The molecule has 1 aliphatic carbocycles. The zero-order valence-electron chi connectivity index (χ0n) is 15.5. The van der Waals surface area contributed by atoms with Crippen molar-refractivity contribution in [2.75, 3.05) is 6.61 Å². The Kier molecular flexibility index (Phi) is 8.70. The monoisotopic (exact) mass is 350 g/mol. The topological polar surface area (TPSA) is 66.8 Å². The van der Waals surface area contributed by atoms with Crippen LogP contribution >= 0.6 is 0 Å². The second kappa shape index (κ2) is 10.8. The van der Waals surface area contributed by atoms with Gasteiger partial charge >= 0.3 is 5.97 Å². The van der Waals surface area contributed by atoms with E-state index in [1.807, 2.05) is 6.08 Å². The Morgan fingerprint density at radius 3 is 2.88 bits per heavy atom. The number of hydrogen-bond acceptors (Lipinski definition) is 3. The summed E-state index contributed by atoms with van der Waals surface area (Å²) in [5.74, 6) is 0.865. The van der Waals surface area contributed by atoms with E-state index in [-0.39, 0.29) is 12.5 Å². The molecular weight excluding hydrogens is 316 g/mol. The molecule has 0 spiro atoms. The van der Waals surface area contributed by atoms with Gasteiger partial charge in [-0.2, -0.15) is 0 Å². The number of aliphatic hydroxyl groups is 1. The van der Waals surface area contributed by atoms with Crippen LogP contribution in [0.3, 0.4) is 0 Å². The van der Waals surface area contributed by atoms with Crippen molar-refractivity contribution < 1.29 is 19.7 Å². The highest BCUT2D eigenvalue weighted by molar-refractivity contribution is 5.66. The van der Waals surface area contributed by atoms with Crippen molar-refractivity contribution >= 4 is 5.97 Å². The first kappa shape index (κ1) is 20.2. The van der Waals surface area contributed by atoms with Gasteiger partial charge in [-0.3, -0.25) is 4.79 Å². The third kappa shape index (κ3) is 6.59. The van der Waals surface area contributed by atoms with Gasteiger partial charge in [0, 0.05) is 6.42 Å². The minimum Gasteiger partial charge on any atom is -0.481 e. The van der Waals surface area contributed by atoms with Crippen LogP contribution in [0.4, 0.5) is 0 Å². The first-order valence-corrected chi connectivity index (χ1v) is 9.96. The zero-order valence-corrected chi connectivity index (χ0v) is 15.5. The second-order valence-corrected chi connectivity index (χ2v) is 7.55. The number of aliphatic hydroxyl groups excluding tert-OH is 1. The van der Waals surface area contributed by atoms with E-state index in [0.29, 0.717) is 30.3 Å². The Labute approximate surface area is 152 Å². The highest BCUT2D eigenvalue weighted by Crippen LogP contribution is 2.47. The molecule has 2 fully saturated rings. The van der Waals surface area contributed by atoms with Crippen molar-refractivity contribution in [3.63, 3.8) is 0 Å². The number of aliphatic carboxylic acids is 1. The molecule has 2 rings (SSSR count). The fraction of sp³-hybridized carbons (Fsp3) is 0.762. The fourth-order valence-electron chi connectivity index (χ4n) is 4.15. The number of ether oxygens (including phenoxy) is 1. The van der Waals surface area contributed by atoms with Gasteiger partial charge in [0.15, 0.2) is 0 Å². The maximum absolute atomic E-state index is 10.5. The molecule has 2 aliphatic rings. The summed E-state index contributed by atoms with van der Waals surface area (Å²) in [5.41, 5.74) is 0. The van der Waals surface area contributed by atoms with Crippen LogP contribution in [0.25, 0.3) is 0 Å². The number of fused-ring (bicyclic) bond motifs is 2. The molecule has 1 saturated heterocycles. The van der Waals surface area contributed by atoms with E-state index >= 15 is 0 Å². The van der Waals surface area contributed by atoms with E-state index in [2.05, 4.69) is 25.2 Å². The minimum atomic E-state index is -0.724. The van der Waals surface area contributed by atoms with Gasteiger partial charge in [0.2, 0.25) is 0 Å². The first-order chi connectivity index (χ1) is 12.1. The van der Waals surface area contributed by atoms with Gasteiger partial charge in [0.25, 0.3) is 0 Å². The Hall–Kier alpha value is -1.13. The molecule has 0 aromatic heterocycles. The molecule has 4 nitrogen and oxygen atoms in total. The van der Waals surface area contributed by atoms with Gasteiger partial charge in [-0.05, 0) is 49.9 Å². The molecule has 25 heavy (non-hydrogen) atoms. The molecule has 0 aromatic rings. The predicted molar refractivity (Wildman–Crippen MR) is 99.4 cm³/mol. The standard InChI is InChI=1S/C21H34O4/c1-2-3-6-9-17(22)12-13-18-16-14-20(25-15-16)19(18)10-7-4-5-8-11-21(23)24/h4,7,12-13,16-20,22H,2-3,5-6,8-11,14-15H2,1H3,(H,23,24)/t16-,17-,18-,19+,20-/m0/s1. The lowest BCUT2D eigenvalue weighted by molar-refractivity contribution is -0.137. The van der Waals surface area contributed by atoms with Gasteiger partial charge in [0.1, 0.15) is 0 Å². The van der Waals surface area contributed by atoms with Crippen LogP contribution in [-0.2, 0) is 9.53 Å². The van der Waals surface area contributed by atoms with E-state index in [9.17, 15) is 9.90 Å². The van der Waals surface area contributed by atoms with Crippen LogP contribution in [0.15, 0.2) is 24.3 Å². The lowest BCUT2D eigenvalue weighted by Gasteiger charge is -2.28. The van der Waals surface area contributed by atoms with Gasteiger partial charge in [-0.1, -0.05) is 50.5 Å². The van der Waals surface area contributed by atoms with E-state index < -0.39 is 5.97 Å². The summed E-state index contributed by atoms with van der Waals surface area (Å²) >= 11 is 0. The van der Waals surface area contributed by atoms with E-state index in [1.165, 1.54) is 12.8 Å². The molecule has 2 bridgehead atoms. The quantitative estimate of drug-likeness (QED) is 0.406. The summed E-state index contributed by atoms with van der Waals surface area (Å²) in [6.07, 6.45) is 16.8. The fourth-order valence-corrected chi connectivity index (χ4v) is 4.15. The van der Waals surface area contributed by atoms with Crippen LogP contribution in [0.5, 0.6) is 0 Å². The number of hydrogen-bond donors (Lipinski definition) is 2. The predicted octanol–water partition coefficient (Wildman–Crippen LogP) is 4.34. The minimum absolute atomic E-state index is 0.239. The highest BCUT2D eigenvalue weighted by Gasteiger charge is 2.46. The summed E-state index contributed by atoms with van der Waals surface area (Å²) in [6.45, 7) is 3.03. The number of rotatable bonds is 12. The van der Waals surface area contributed by atoms with Crippen molar-refractivity contribution in [1.82, 2.24) is 0 Å². The highest BCUT2D eigenvalue weighted by atomic mass is 16.5. The first-order valence-electron chi connectivity index (χ1n) is 9.96. The van der Waals surface area contributed by atoms with Crippen LogP contribution in [0, 0.1) is 17.8 Å². The molecule has 0 radical (unpaired) electrons. The van der Waals surface area contributed by atoms with Crippen LogP contribution in [0.2, 0.25) is 0 Å². The van der Waals surface area contributed by atoms with Crippen molar-refractivity contribution in [3.8, 4) is 0 Å². The molecule has 0 amide bonds. The molecule has 1 saturated carbocycles. The summed E-state index contributed by atoms with van der Waals surface area (Å²) in [6, 6.07) is 0. The second-order valence-electron chi connectivity index (χ2n) is 7.55. The Bertz CT molecular complexity index is 457. The normalized spacial score (nSPS) is 29.8. The third-order valence-corrected chi connectivity index (χ3v) is 5.57. The molecule has 142 valence electrons. The maximum Gasteiger partial charge on any atom is 0.303 e. The average Bonchev–Trinajstić information content (AvgIpc) is 3.17. The number of allylic oxidation sites excluding steroid dienone is 3. The smallest absolute Gasteiger partial charge is 0.303 e. The number of carboxylic acids is 1. The average molecular weight is 350 g/mol. The summed E-state index contributed by atoms with van der Waals surface area (Å²) in [7, 11) is 0. The molecular formula is C21H34O4. The van der Waals surface area contributed by atoms with Crippen LogP contribution in [0.1, 0.15) is 64.7 Å². The maximum atomic E-state index is 10.5. The van der Waals surface area contributed by atoms with Gasteiger partial charge in [0.05, 0.1) is 18.8 Å². The number of unbranched alkanes of at least 4 members (excludes halogenated alkanes) is 3. The Balaban J connectivity index is 1.78.